The largest absolute Gasteiger partial charge is 0.389 e. The van der Waals surface area contributed by atoms with Gasteiger partial charge in [0.15, 0.2) is 11.5 Å². The predicted molar refractivity (Wildman–Crippen MR) is 96.9 cm³/mol. The van der Waals surface area contributed by atoms with E-state index >= 15 is 0 Å². The normalized spacial score (nSPS) is 20.6. The Morgan fingerprint density at radius 1 is 1.24 bits per heavy atom. The number of aromatic nitrogens is 4. The Bertz CT molecular complexity index is 755. The van der Waals surface area contributed by atoms with Gasteiger partial charge < -0.3 is 15.3 Å². The van der Waals surface area contributed by atoms with Crippen molar-refractivity contribution in [1.29, 1.82) is 0 Å². The van der Waals surface area contributed by atoms with Gasteiger partial charge in [0.05, 0.1) is 5.60 Å². The molecular weight excluding hydrogens is 316 g/mol. The van der Waals surface area contributed by atoms with Crippen molar-refractivity contribution in [3.8, 4) is 0 Å². The maximum atomic E-state index is 10.1. The maximum Gasteiger partial charge on any atom is 0.178 e. The van der Waals surface area contributed by atoms with Gasteiger partial charge in [0.1, 0.15) is 5.82 Å². The van der Waals surface area contributed by atoms with Gasteiger partial charge >= 0.3 is 0 Å². The van der Waals surface area contributed by atoms with Crippen LogP contribution in [0.5, 0.6) is 0 Å². The van der Waals surface area contributed by atoms with E-state index in [0.29, 0.717) is 5.92 Å². The van der Waals surface area contributed by atoms with Crippen LogP contribution in [0.4, 0.5) is 5.82 Å². The Hall–Kier alpha value is -1.73. The zero-order chi connectivity index (χ0) is 17.7. The highest BCUT2D eigenvalue weighted by atomic mass is 16.3. The molecule has 0 atom stereocenters. The number of rotatable bonds is 5. The summed E-state index contributed by atoms with van der Waals surface area (Å²) in [6.45, 7) is 10.1. The van der Waals surface area contributed by atoms with E-state index in [1.807, 2.05) is 16.6 Å². The van der Waals surface area contributed by atoms with Gasteiger partial charge in [-0.05, 0) is 31.4 Å². The molecule has 136 valence electrons. The number of hydrogen-bond donors (Lipinski definition) is 2. The highest BCUT2D eigenvalue weighted by Gasteiger charge is 2.35. The van der Waals surface area contributed by atoms with Crippen molar-refractivity contribution < 1.29 is 5.11 Å². The average molecular weight is 344 g/mol. The van der Waals surface area contributed by atoms with Gasteiger partial charge in [-0.25, -0.2) is 0 Å². The van der Waals surface area contributed by atoms with Crippen LogP contribution in [0.1, 0.15) is 45.9 Å². The lowest BCUT2D eigenvalue weighted by Gasteiger charge is -2.42. The van der Waals surface area contributed by atoms with E-state index in [2.05, 4.69) is 41.2 Å². The van der Waals surface area contributed by atoms with Crippen LogP contribution in [0, 0.1) is 5.92 Å². The van der Waals surface area contributed by atoms with Crippen LogP contribution in [-0.2, 0) is 5.41 Å². The van der Waals surface area contributed by atoms with Crippen molar-refractivity contribution in [2.24, 2.45) is 5.92 Å². The van der Waals surface area contributed by atoms with E-state index in [-0.39, 0.29) is 5.41 Å². The van der Waals surface area contributed by atoms with Crippen molar-refractivity contribution in [2.75, 3.05) is 31.1 Å². The molecule has 1 aliphatic heterocycles. The summed E-state index contributed by atoms with van der Waals surface area (Å²) in [5.74, 6) is 2.48. The number of hydrogen-bond acceptors (Lipinski definition) is 6. The van der Waals surface area contributed by atoms with E-state index in [0.717, 1.165) is 62.7 Å². The molecule has 2 fully saturated rings. The highest BCUT2D eigenvalue weighted by molar-refractivity contribution is 5.47. The van der Waals surface area contributed by atoms with Gasteiger partial charge in [0.25, 0.3) is 0 Å². The molecule has 0 unspecified atom stereocenters. The van der Waals surface area contributed by atoms with Crippen LogP contribution in [-0.4, -0.2) is 56.7 Å². The van der Waals surface area contributed by atoms with Crippen LogP contribution in [0.3, 0.4) is 0 Å². The second-order valence-corrected chi connectivity index (χ2v) is 8.71. The molecular formula is C18H28N6O. The van der Waals surface area contributed by atoms with Crippen LogP contribution >= 0.6 is 0 Å². The van der Waals surface area contributed by atoms with Gasteiger partial charge in [0, 0.05) is 37.5 Å². The molecule has 2 aliphatic rings. The quantitative estimate of drug-likeness (QED) is 0.853. The lowest BCUT2D eigenvalue weighted by Crippen LogP contribution is -2.54. The predicted octanol–water partition coefficient (Wildman–Crippen LogP) is 1.36. The second kappa shape index (κ2) is 5.92. The zero-order valence-electron chi connectivity index (χ0n) is 15.4. The first-order chi connectivity index (χ1) is 11.8. The van der Waals surface area contributed by atoms with Crippen LogP contribution in [0.25, 0.3) is 5.65 Å². The summed E-state index contributed by atoms with van der Waals surface area (Å²) in [4.78, 5) is 2.29. The van der Waals surface area contributed by atoms with Gasteiger partial charge in [-0.15, -0.1) is 15.3 Å². The summed E-state index contributed by atoms with van der Waals surface area (Å²) in [5.41, 5.74) is 0.267. The summed E-state index contributed by atoms with van der Waals surface area (Å²) < 4.78 is 1.87. The molecule has 3 heterocycles. The average Bonchev–Trinajstić information content (AvgIpc) is 2.90. The third kappa shape index (κ3) is 3.22. The molecule has 0 spiro atoms. The van der Waals surface area contributed by atoms with Crippen molar-refractivity contribution in [3.63, 3.8) is 0 Å². The zero-order valence-corrected chi connectivity index (χ0v) is 15.4. The van der Waals surface area contributed by atoms with Gasteiger partial charge in [-0.1, -0.05) is 20.8 Å². The third-order valence-electron chi connectivity index (χ3n) is 5.37. The van der Waals surface area contributed by atoms with Crippen molar-refractivity contribution in [1.82, 2.24) is 25.1 Å². The molecule has 0 radical (unpaired) electrons. The van der Waals surface area contributed by atoms with Crippen LogP contribution in [0.2, 0.25) is 0 Å². The van der Waals surface area contributed by atoms with E-state index in [1.165, 1.54) is 0 Å². The summed E-state index contributed by atoms with van der Waals surface area (Å²) in [5, 5.41) is 26.8. The van der Waals surface area contributed by atoms with Crippen LogP contribution in [0.15, 0.2) is 12.1 Å². The fourth-order valence-corrected chi connectivity index (χ4v) is 3.57. The second-order valence-electron chi connectivity index (χ2n) is 8.71. The monoisotopic (exact) mass is 344 g/mol. The Labute approximate surface area is 148 Å². The topological polar surface area (TPSA) is 78.6 Å². The minimum atomic E-state index is -0.437. The summed E-state index contributed by atoms with van der Waals surface area (Å²) in [6, 6.07) is 4.01. The summed E-state index contributed by atoms with van der Waals surface area (Å²) in [6.07, 6.45) is 3.04. The standard InChI is InChI=1S/C18H28N6O/c1-17(2,3)16-21-20-14-5-6-15(22-24(14)16)23-10-13(11-23)9-19-12-18(25)7-4-8-18/h5-6,13,19,25H,4,7-12H2,1-3H3. The number of nitrogens with zero attached hydrogens (tertiary/aromatic N) is 5. The molecule has 1 saturated carbocycles. The molecule has 7 heteroatoms. The molecule has 1 aliphatic carbocycles. The Morgan fingerprint density at radius 2 is 2.00 bits per heavy atom. The molecule has 0 amide bonds. The number of anilines is 1. The maximum absolute atomic E-state index is 10.1. The number of fused-ring (bicyclic) bond motifs is 1. The molecule has 25 heavy (non-hydrogen) atoms. The Kier molecular flexibility index (Phi) is 3.96. The van der Waals surface area contributed by atoms with Crippen molar-refractivity contribution >= 4 is 11.5 Å². The number of nitrogens with one attached hydrogen (secondary N) is 1. The molecule has 0 aromatic carbocycles. The highest BCUT2D eigenvalue weighted by Crippen LogP contribution is 2.31. The van der Waals surface area contributed by atoms with Crippen molar-refractivity contribution in [2.45, 2.75) is 51.0 Å². The molecule has 4 rings (SSSR count). The smallest absolute Gasteiger partial charge is 0.178 e. The first-order valence-corrected chi connectivity index (χ1v) is 9.25. The fourth-order valence-electron chi connectivity index (χ4n) is 3.57. The molecule has 2 aromatic rings. The van der Waals surface area contributed by atoms with E-state index < -0.39 is 5.60 Å². The SMILES string of the molecule is CC(C)(C)c1nnc2ccc(N3CC(CNCC4(O)CCC4)C3)nn12. The molecule has 2 aromatic heterocycles. The van der Waals surface area contributed by atoms with E-state index in [9.17, 15) is 5.11 Å². The molecule has 2 N–H and O–H groups in total. The lowest BCUT2D eigenvalue weighted by atomic mass is 9.80. The fraction of sp³-hybridized carbons (Fsp3) is 0.722. The molecule has 7 nitrogen and oxygen atoms in total. The first kappa shape index (κ1) is 16.7. The van der Waals surface area contributed by atoms with E-state index in [1.54, 1.807) is 0 Å². The minimum Gasteiger partial charge on any atom is -0.389 e. The molecule has 1 saturated heterocycles. The Morgan fingerprint density at radius 3 is 2.64 bits per heavy atom. The van der Waals surface area contributed by atoms with Crippen LogP contribution < -0.4 is 10.2 Å². The molecule has 0 bridgehead atoms. The summed E-state index contributed by atoms with van der Waals surface area (Å²) >= 11 is 0. The number of aliphatic hydroxyl groups is 1. The third-order valence-corrected chi connectivity index (χ3v) is 5.37. The van der Waals surface area contributed by atoms with E-state index in [4.69, 9.17) is 5.10 Å². The van der Waals surface area contributed by atoms with Gasteiger partial charge in [-0.2, -0.15) is 4.52 Å². The van der Waals surface area contributed by atoms with Gasteiger partial charge in [-0.3, -0.25) is 0 Å². The van der Waals surface area contributed by atoms with Gasteiger partial charge in [0.2, 0.25) is 0 Å². The Balaban J connectivity index is 1.35. The lowest BCUT2D eigenvalue weighted by molar-refractivity contribution is -0.0318. The minimum absolute atomic E-state index is 0.0891. The van der Waals surface area contributed by atoms with Crippen molar-refractivity contribution in [3.05, 3.63) is 18.0 Å². The summed E-state index contributed by atoms with van der Waals surface area (Å²) in [7, 11) is 0. The first-order valence-electron chi connectivity index (χ1n) is 9.25.